The predicted octanol–water partition coefficient (Wildman–Crippen LogP) is 1.12. The molecule has 0 aliphatic heterocycles. The minimum absolute atomic E-state index is 0.159. The van der Waals surface area contributed by atoms with E-state index < -0.39 is 0 Å². The van der Waals surface area contributed by atoms with Crippen LogP contribution in [-0.2, 0) is 0 Å². The summed E-state index contributed by atoms with van der Waals surface area (Å²) in [5.41, 5.74) is 0.281. The van der Waals surface area contributed by atoms with Gasteiger partial charge in [0.15, 0.2) is 0 Å². The Bertz CT molecular complexity index is 522. The van der Waals surface area contributed by atoms with Gasteiger partial charge in [0, 0.05) is 19.4 Å². The molecule has 2 aromatic rings. The van der Waals surface area contributed by atoms with Crippen molar-refractivity contribution in [2.24, 2.45) is 0 Å². The Morgan fingerprint density at radius 1 is 1.37 bits per heavy atom. The van der Waals surface area contributed by atoms with Gasteiger partial charge in [0.25, 0.3) is 5.91 Å². The third-order valence-corrected chi connectivity index (χ3v) is 2.70. The number of hydrogen-bond donors (Lipinski definition) is 3. The smallest absolute Gasteiger partial charge is 0.272 e. The van der Waals surface area contributed by atoms with Crippen LogP contribution < -0.4 is 10.6 Å². The number of H-pyrrole nitrogens is 1. The summed E-state index contributed by atoms with van der Waals surface area (Å²) < 4.78 is 0. The molecule has 0 saturated heterocycles. The molecule has 0 bridgehead atoms. The van der Waals surface area contributed by atoms with E-state index in [1.807, 2.05) is 6.92 Å². The summed E-state index contributed by atoms with van der Waals surface area (Å²) in [6.45, 7) is 1.98. The molecule has 7 nitrogen and oxygen atoms in total. The molecule has 100 valence electrons. The quantitative estimate of drug-likeness (QED) is 0.748. The number of carbonyl (C=O) groups excluding carboxylic acids is 1. The first-order valence-electron chi connectivity index (χ1n) is 6.04. The van der Waals surface area contributed by atoms with Gasteiger partial charge < -0.3 is 15.6 Å². The van der Waals surface area contributed by atoms with Crippen LogP contribution in [-0.4, -0.2) is 32.9 Å². The molecule has 0 aliphatic carbocycles. The Morgan fingerprint density at radius 3 is 2.74 bits per heavy atom. The molecular formula is C12H16N6O. The summed E-state index contributed by atoms with van der Waals surface area (Å²) in [6, 6.07) is -0.159. The van der Waals surface area contributed by atoms with Crippen molar-refractivity contribution >= 4 is 11.7 Å². The molecule has 2 rings (SSSR count). The minimum atomic E-state index is -0.265. The highest BCUT2D eigenvalue weighted by molar-refractivity contribution is 5.92. The Hall–Kier alpha value is -2.44. The zero-order valence-corrected chi connectivity index (χ0v) is 10.8. The molecule has 2 aromatic heterocycles. The molecule has 0 spiro atoms. The fraction of sp³-hybridized carbons (Fsp3) is 0.333. The van der Waals surface area contributed by atoms with Crippen LogP contribution in [0.3, 0.4) is 0 Å². The predicted molar refractivity (Wildman–Crippen MR) is 70.7 cm³/mol. The third-order valence-electron chi connectivity index (χ3n) is 2.70. The molecule has 2 heterocycles. The van der Waals surface area contributed by atoms with Gasteiger partial charge in [-0.2, -0.15) is 0 Å². The minimum Gasteiger partial charge on any atom is -0.372 e. The Morgan fingerprint density at radius 2 is 2.21 bits per heavy atom. The second-order valence-corrected chi connectivity index (χ2v) is 3.95. The number of aromatic amines is 1. The normalized spacial score (nSPS) is 11.9. The monoisotopic (exact) mass is 260 g/mol. The van der Waals surface area contributed by atoms with Crippen LogP contribution in [0.5, 0.6) is 0 Å². The summed E-state index contributed by atoms with van der Waals surface area (Å²) >= 11 is 0. The van der Waals surface area contributed by atoms with Crippen molar-refractivity contribution < 1.29 is 4.79 Å². The Balaban J connectivity index is 2.06. The van der Waals surface area contributed by atoms with Gasteiger partial charge in [-0.3, -0.25) is 4.79 Å². The molecule has 0 aliphatic rings. The van der Waals surface area contributed by atoms with Crippen LogP contribution in [0, 0.1) is 0 Å². The maximum Gasteiger partial charge on any atom is 0.272 e. The number of hydrogen-bond acceptors (Lipinski definition) is 5. The van der Waals surface area contributed by atoms with E-state index in [2.05, 4.69) is 30.6 Å². The lowest BCUT2D eigenvalue weighted by molar-refractivity contribution is 0.0928. The van der Waals surface area contributed by atoms with Gasteiger partial charge in [-0.1, -0.05) is 6.92 Å². The van der Waals surface area contributed by atoms with Crippen molar-refractivity contribution in [3.8, 4) is 0 Å². The lowest BCUT2D eigenvalue weighted by Crippen LogP contribution is -2.29. The number of carbonyl (C=O) groups is 1. The van der Waals surface area contributed by atoms with Gasteiger partial charge in [0.1, 0.15) is 17.3 Å². The highest BCUT2D eigenvalue weighted by Crippen LogP contribution is 2.12. The van der Waals surface area contributed by atoms with Crippen molar-refractivity contribution in [3.05, 3.63) is 36.3 Å². The topological polar surface area (TPSA) is 95.6 Å². The van der Waals surface area contributed by atoms with E-state index in [4.69, 9.17) is 0 Å². The van der Waals surface area contributed by atoms with Crippen molar-refractivity contribution in [1.29, 1.82) is 0 Å². The standard InChI is InChI=1S/C12H16N6O/c1-3-8(11-14-4-5-15-11)18-12(19)9-6-17-10(13-2)7-16-9/h4-8H,3H2,1-2H3,(H,13,17)(H,14,15)(H,18,19). The van der Waals surface area contributed by atoms with Crippen LogP contribution in [0.25, 0.3) is 0 Å². The van der Waals surface area contributed by atoms with Crippen molar-refractivity contribution in [2.75, 3.05) is 12.4 Å². The van der Waals surface area contributed by atoms with E-state index in [9.17, 15) is 4.79 Å². The van der Waals surface area contributed by atoms with Crippen LogP contribution in [0.1, 0.15) is 35.7 Å². The Labute approximate surface area is 110 Å². The molecule has 0 aromatic carbocycles. The molecule has 1 unspecified atom stereocenters. The number of anilines is 1. The molecule has 3 N–H and O–H groups in total. The number of aromatic nitrogens is 4. The molecule has 1 atom stereocenters. The first-order chi connectivity index (χ1) is 9.24. The molecule has 0 radical (unpaired) electrons. The number of amides is 1. The van der Waals surface area contributed by atoms with E-state index in [1.165, 1.54) is 12.4 Å². The van der Waals surface area contributed by atoms with E-state index in [1.54, 1.807) is 19.4 Å². The first kappa shape index (κ1) is 13.0. The summed E-state index contributed by atoms with van der Waals surface area (Å²) in [4.78, 5) is 27.3. The number of nitrogens with zero attached hydrogens (tertiary/aromatic N) is 3. The van der Waals surface area contributed by atoms with E-state index in [-0.39, 0.29) is 17.6 Å². The van der Waals surface area contributed by atoms with Crippen molar-refractivity contribution in [3.63, 3.8) is 0 Å². The summed E-state index contributed by atoms with van der Waals surface area (Å²) in [5, 5.41) is 5.71. The maximum atomic E-state index is 12.0. The number of imidazole rings is 1. The fourth-order valence-electron chi connectivity index (χ4n) is 1.64. The third kappa shape index (κ3) is 3.06. The molecule has 19 heavy (non-hydrogen) atoms. The average molecular weight is 260 g/mol. The average Bonchev–Trinajstić information content (AvgIpc) is 2.98. The zero-order chi connectivity index (χ0) is 13.7. The lowest BCUT2D eigenvalue weighted by atomic mass is 10.2. The van der Waals surface area contributed by atoms with Gasteiger partial charge in [0.05, 0.1) is 18.4 Å². The molecule has 7 heteroatoms. The van der Waals surface area contributed by atoms with Gasteiger partial charge in [-0.15, -0.1) is 0 Å². The van der Waals surface area contributed by atoms with E-state index >= 15 is 0 Å². The van der Waals surface area contributed by atoms with Gasteiger partial charge in [0.2, 0.25) is 0 Å². The maximum absolute atomic E-state index is 12.0. The molecule has 1 amide bonds. The number of rotatable bonds is 5. The van der Waals surface area contributed by atoms with Gasteiger partial charge >= 0.3 is 0 Å². The second kappa shape index (κ2) is 5.94. The highest BCUT2D eigenvalue weighted by Gasteiger charge is 2.16. The molecule has 0 fully saturated rings. The fourth-order valence-corrected chi connectivity index (χ4v) is 1.64. The molecular weight excluding hydrogens is 244 g/mol. The molecule has 0 saturated carbocycles. The SMILES string of the molecule is CCC(NC(=O)c1cnc(NC)cn1)c1ncc[nH]1. The summed E-state index contributed by atoms with van der Waals surface area (Å²) in [7, 11) is 1.74. The summed E-state index contributed by atoms with van der Waals surface area (Å²) in [5.74, 6) is 1.09. The largest absolute Gasteiger partial charge is 0.372 e. The first-order valence-corrected chi connectivity index (χ1v) is 6.04. The van der Waals surface area contributed by atoms with Crippen LogP contribution in [0.4, 0.5) is 5.82 Å². The highest BCUT2D eigenvalue weighted by atomic mass is 16.1. The van der Waals surface area contributed by atoms with Crippen LogP contribution in [0.2, 0.25) is 0 Å². The van der Waals surface area contributed by atoms with Gasteiger partial charge in [-0.05, 0) is 6.42 Å². The second-order valence-electron chi connectivity index (χ2n) is 3.95. The lowest BCUT2D eigenvalue weighted by Gasteiger charge is -2.14. The Kier molecular flexibility index (Phi) is 4.07. The van der Waals surface area contributed by atoms with E-state index in [0.29, 0.717) is 5.82 Å². The van der Waals surface area contributed by atoms with Crippen LogP contribution >= 0.6 is 0 Å². The van der Waals surface area contributed by atoms with Crippen molar-refractivity contribution in [2.45, 2.75) is 19.4 Å². The summed E-state index contributed by atoms with van der Waals surface area (Å²) in [6.07, 6.45) is 7.08. The van der Waals surface area contributed by atoms with E-state index in [0.717, 1.165) is 12.2 Å². The van der Waals surface area contributed by atoms with Crippen molar-refractivity contribution in [1.82, 2.24) is 25.3 Å². The van der Waals surface area contributed by atoms with Crippen LogP contribution in [0.15, 0.2) is 24.8 Å². The van der Waals surface area contributed by atoms with Gasteiger partial charge in [-0.25, -0.2) is 15.0 Å². The zero-order valence-electron chi connectivity index (χ0n) is 10.8. The number of nitrogens with one attached hydrogen (secondary N) is 3.